The standard InChI is InChI=1S/C23H21ClFN3O2S/c24-20-13-16(25)1-6-19(20)23(30)26-10-7-22(29)27-17-2-4-18(5-3-17)28-11-8-21-15(14-28)9-12-31-21/h1-6,9,12-13H,7-8,10-11,14H2,(H,26,30)(H,27,29). The van der Waals surface area contributed by atoms with E-state index in [1.165, 1.54) is 22.6 Å². The van der Waals surface area contributed by atoms with Crippen LogP contribution in [-0.2, 0) is 17.8 Å². The van der Waals surface area contributed by atoms with Crippen molar-refractivity contribution in [2.75, 3.05) is 23.3 Å². The smallest absolute Gasteiger partial charge is 0.252 e. The van der Waals surface area contributed by atoms with Crippen LogP contribution in [0.2, 0.25) is 5.02 Å². The maximum atomic E-state index is 13.1. The second-order valence-corrected chi connectivity index (χ2v) is 8.67. The summed E-state index contributed by atoms with van der Waals surface area (Å²) in [6.07, 6.45) is 1.17. The molecule has 0 aliphatic carbocycles. The molecule has 0 bridgehead atoms. The summed E-state index contributed by atoms with van der Waals surface area (Å²) in [5.74, 6) is -1.17. The molecule has 0 saturated heterocycles. The Labute approximate surface area is 188 Å². The van der Waals surface area contributed by atoms with Crippen molar-refractivity contribution in [1.29, 1.82) is 0 Å². The lowest BCUT2D eigenvalue weighted by molar-refractivity contribution is -0.116. The molecule has 0 radical (unpaired) electrons. The molecule has 8 heteroatoms. The van der Waals surface area contributed by atoms with Gasteiger partial charge >= 0.3 is 0 Å². The fraction of sp³-hybridized carbons (Fsp3) is 0.217. The summed E-state index contributed by atoms with van der Waals surface area (Å²) in [4.78, 5) is 28.1. The Hall–Kier alpha value is -2.90. The first kappa shape index (κ1) is 21.3. The van der Waals surface area contributed by atoms with Crippen molar-refractivity contribution in [3.63, 3.8) is 0 Å². The van der Waals surface area contributed by atoms with E-state index in [0.29, 0.717) is 5.69 Å². The van der Waals surface area contributed by atoms with E-state index in [1.54, 1.807) is 0 Å². The predicted octanol–water partition coefficient (Wildman–Crippen LogP) is 4.86. The number of hydrogen-bond donors (Lipinski definition) is 2. The molecule has 1 aliphatic rings. The fourth-order valence-corrected chi connectivity index (χ4v) is 4.65. The van der Waals surface area contributed by atoms with E-state index in [2.05, 4.69) is 27.0 Å². The minimum atomic E-state index is -0.511. The van der Waals surface area contributed by atoms with Gasteiger partial charge in [-0.1, -0.05) is 11.6 Å². The number of rotatable bonds is 6. The van der Waals surface area contributed by atoms with Crippen LogP contribution in [0.4, 0.5) is 15.8 Å². The van der Waals surface area contributed by atoms with Crippen molar-refractivity contribution in [1.82, 2.24) is 5.32 Å². The fourth-order valence-electron chi connectivity index (χ4n) is 3.51. The normalized spacial score (nSPS) is 12.9. The van der Waals surface area contributed by atoms with E-state index in [-0.39, 0.29) is 29.5 Å². The van der Waals surface area contributed by atoms with E-state index in [4.69, 9.17) is 11.6 Å². The van der Waals surface area contributed by atoms with E-state index >= 15 is 0 Å². The number of carbonyl (C=O) groups excluding carboxylic acids is 2. The molecule has 2 heterocycles. The van der Waals surface area contributed by atoms with Gasteiger partial charge in [0.05, 0.1) is 10.6 Å². The first-order chi connectivity index (χ1) is 15.0. The zero-order valence-corrected chi connectivity index (χ0v) is 18.2. The van der Waals surface area contributed by atoms with Crippen LogP contribution in [0.25, 0.3) is 0 Å². The first-order valence-corrected chi connectivity index (χ1v) is 11.2. The quantitative estimate of drug-likeness (QED) is 0.555. The highest BCUT2D eigenvalue weighted by Gasteiger charge is 2.17. The van der Waals surface area contributed by atoms with Gasteiger partial charge in [0.1, 0.15) is 5.82 Å². The van der Waals surface area contributed by atoms with Gasteiger partial charge in [-0.15, -0.1) is 11.3 Å². The van der Waals surface area contributed by atoms with Gasteiger partial charge in [-0.2, -0.15) is 0 Å². The number of hydrogen-bond acceptors (Lipinski definition) is 4. The zero-order chi connectivity index (χ0) is 21.8. The number of halogens is 2. The first-order valence-electron chi connectivity index (χ1n) is 9.93. The Bertz CT molecular complexity index is 1100. The third-order valence-corrected chi connectivity index (χ3v) is 6.47. The van der Waals surface area contributed by atoms with Crippen LogP contribution >= 0.6 is 22.9 Å². The van der Waals surface area contributed by atoms with Crippen molar-refractivity contribution in [3.8, 4) is 0 Å². The van der Waals surface area contributed by atoms with Gasteiger partial charge in [0.15, 0.2) is 0 Å². The molecule has 160 valence electrons. The highest BCUT2D eigenvalue weighted by Crippen LogP contribution is 2.28. The van der Waals surface area contributed by atoms with Crippen LogP contribution in [0, 0.1) is 5.82 Å². The van der Waals surface area contributed by atoms with Crippen molar-refractivity contribution in [2.24, 2.45) is 0 Å². The molecular weight excluding hydrogens is 437 g/mol. The van der Waals surface area contributed by atoms with E-state index < -0.39 is 11.7 Å². The van der Waals surface area contributed by atoms with Crippen molar-refractivity contribution in [3.05, 3.63) is 80.8 Å². The maximum absolute atomic E-state index is 13.1. The third kappa shape index (κ3) is 5.24. The summed E-state index contributed by atoms with van der Waals surface area (Å²) in [5.41, 5.74) is 3.39. The molecule has 31 heavy (non-hydrogen) atoms. The Morgan fingerprint density at radius 2 is 1.94 bits per heavy atom. The topological polar surface area (TPSA) is 61.4 Å². The lowest BCUT2D eigenvalue weighted by atomic mass is 10.1. The summed E-state index contributed by atoms with van der Waals surface area (Å²) in [6.45, 7) is 2.03. The van der Waals surface area contributed by atoms with Crippen molar-refractivity contribution in [2.45, 2.75) is 19.4 Å². The lowest BCUT2D eigenvalue weighted by Gasteiger charge is -2.29. The minimum absolute atomic E-state index is 0.0333. The molecule has 2 N–H and O–H groups in total. The number of nitrogens with one attached hydrogen (secondary N) is 2. The largest absolute Gasteiger partial charge is 0.367 e. The van der Waals surface area contributed by atoms with Crippen LogP contribution in [0.3, 0.4) is 0 Å². The molecule has 0 saturated carbocycles. The second kappa shape index (κ2) is 9.49. The van der Waals surface area contributed by atoms with E-state index in [9.17, 15) is 14.0 Å². The molecule has 3 aromatic rings. The molecule has 5 nitrogen and oxygen atoms in total. The van der Waals surface area contributed by atoms with Crippen molar-refractivity contribution >= 4 is 46.1 Å². The number of carbonyl (C=O) groups is 2. The molecule has 0 fully saturated rings. The van der Waals surface area contributed by atoms with Gasteiger partial charge in [-0.3, -0.25) is 9.59 Å². The molecule has 0 unspecified atom stereocenters. The maximum Gasteiger partial charge on any atom is 0.252 e. The van der Waals surface area contributed by atoms with Crippen molar-refractivity contribution < 1.29 is 14.0 Å². The summed E-state index contributed by atoms with van der Waals surface area (Å²) in [7, 11) is 0. The lowest BCUT2D eigenvalue weighted by Crippen LogP contribution is -2.29. The number of fused-ring (bicyclic) bond motifs is 1. The summed E-state index contributed by atoms with van der Waals surface area (Å²) < 4.78 is 13.1. The average molecular weight is 458 g/mol. The monoisotopic (exact) mass is 457 g/mol. The molecule has 0 spiro atoms. The van der Waals surface area contributed by atoms with Crippen LogP contribution in [0.1, 0.15) is 27.2 Å². The Morgan fingerprint density at radius 1 is 1.13 bits per heavy atom. The minimum Gasteiger partial charge on any atom is -0.367 e. The van der Waals surface area contributed by atoms with Gasteiger partial charge in [-0.25, -0.2) is 4.39 Å². The molecule has 2 amide bonds. The number of nitrogens with zero attached hydrogens (tertiary/aromatic N) is 1. The molecule has 1 aliphatic heterocycles. The van der Waals surface area contributed by atoms with Crippen LogP contribution < -0.4 is 15.5 Å². The number of anilines is 2. The Balaban J connectivity index is 1.25. The van der Waals surface area contributed by atoms with Gasteiger partial charge in [0.2, 0.25) is 5.91 Å². The Kier molecular flexibility index (Phi) is 6.53. The number of thiophene rings is 1. The highest BCUT2D eigenvalue weighted by atomic mass is 35.5. The predicted molar refractivity (Wildman–Crippen MR) is 123 cm³/mol. The zero-order valence-electron chi connectivity index (χ0n) is 16.7. The third-order valence-electron chi connectivity index (χ3n) is 5.14. The molecule has 0 atom stereocenters. The number of amides is 2. The molecular formula is C23H21ClFN3O2S. The van der Waals surface area contributed by atoms with Gasteiger partial charge < -0.3 is 15.5 Å². The molecule has 2 aromatic carbocycles. The molecule has 1 aromatic heterocycles. The summed E-state index contributed by atoms with van der Waals surface area (Å²) in [5, 5.41) is 7.63. The van der Waals surface area contributed by atoms with Crippen LogP contribution in [0.5, 0.6) is 0 Å². The van der Waals surface area contributed by atoms with E-state index in [1.807, 2.05) is 35.6 Å². The van der Waals surface area contributed by atoms with E-state index in [0.717, 1.165) is 31.3 Å². The second-order valence-electron chi connectivity index (χ2n) is 7.27. The average Bonchev–Trinajstić information content (AvgIpc) is 3.22. The molecule has 4 rings (SSSR count). The Morgan fingerprint density at radius 3 is 2.71 bits per heavy atom. The van der Waals surface area contributed by atoms with Gasteiger partial charge in [0, 0.05) is 42.3 Å². The number of benzene rings is 2. The van der Waals surface area contributed by atoms with Crippen LogP contribution in [0.15, 0.2) is 53.9 Å². The SMILES string of the molecule is O=C(CCNC(=O)c1ccc(F)cc1Cl)Nc1ccc(N2CCc3sccc3C2)cc1. The summed E-state index contributed by atoms with van der Waals surface area (Å²) in [6, 6.07) is 13.5. The highest BCUT2D eigenvalue weighted by molar-refractivity contribution is 7.10. The van der Waals surface area contributed by atoms with Gasteiger partial charge in [0.25, 0.3) is 5.91 Å². The van der Waals surface area contributed by atoms with Gasteiger partial charge in [-0.05, 0) is 65.9 Å². The van der Waals surface area contributed by atoms with Crippen LogP contribution in [-0.4, -0.2) is 24.9 Å². The summed E-state index contributed by atoms with van der Waals surface area (Å²) >= 11 is 7.70.